The molecule has 0 radical (unpaired) electrons. The van der Waals surface area contributed by atoms with E-state index in [1.54, 1.807) is 16.7 Å². The number of unbranched alkanes of at least 4 members (excludes halogenated alkanes) is 51. The van der Waals surface area contributed by atoms with E-state index in [4.69, 9.17) is 0 Å². The first-order valence-electron chi connectivity index (χ1n) is 31.9. The molecule has 0 aromatic heterocycles. The van der Waals surface area contributed by atoms with Crippen LogP contribution >= 0.6 is 0 Å². The molecule has 0 saturated heterocycles. The van der Waals surface area contributed by atoms with Crippen molar-refractivity contribution in [2.24, 2.45) is 0 Å². The first kappa shape index (κ1) is 63.2. The standard InChI is InChI=1S/C66H126/c1-4-7-10-12-14-16-18-20-22-24-26-28-30-32-34-36-38-40-42-44-46-48-50-52-54-56-59-64-61-58-62-65(66(64)63-9-6-3)60-57-55-53-51-49-47-45-43-41-39-37-35-33-31-29-27-25-23-21-19-17-15-13-11-8-5-2/h58,61-62H,4-57,59-60,63H2,1-3H3. The minimum atomic E-state index is 1.31. The Labute approximate surface area is 419 Å². The van der Waals surface area contributed by atoms with Crippen LogP contribution in [0.15, 0.2) is 18.2 Å². The highest BCUT2D eigenvalue weighted by molar-refractivity contribution is 5.36. The van der Waals surface area contributed by atoms with Gasteiger partial charge in [-0.1, -0.05) is 366 Å². The van der Waals surface area contributed by atoms with Crippen molar-refractivity contribution in [2.75, 3.05) is 0 Å². The maximum atomic E-state index is 2.48. The molecule has 0 N–H and O–H groups in total. The van der Waals surface area contributed by atoms with E-state index < -0.39 is 0 Å². The molecular weight excluding hydrogens is 793 g/mol. The molecule has 0 nitrogen and oxygen atoms in total. The lowest BCUT2D eigenvalue weighted by Gasteiger charge is -2.15. The van der Waals surface area contributed by atoms with E-state index >= 15 is 0 Å². The van der Waals surface area contributed by atoms with Gasteiger partial charge in [-0.3, -0.25) is 0 Å². The van der Waals surface area contributed by atoms with E-state index in [9.17, 15) is 0 Å². The minimum absolute atomic E-state index is 1.31. The van der Waals surface area contributed by atoms with Gasteiger partial charge in [0.05, 0.1) is 0 Å². The van der Waals surface area contributed by atoms with Gasteiger partial charge >= 0.3 is 0 Å². The van der Waals surface area contributed by atoms with Gasteiger partial charge in [0.15, 0.2) is 0 Å². The molecule has 0 fully saturated rings. The molecular formula is C66H126. The molecule has 0 aliphatic heterocycles. The summed E-state index contributed by atoms with van der Waals surface area (Å²) in [4.78, 5) is 0. The molecule has 0 atom stereocenters. The third-order valence-electron chi connectivity index (χ3n) is 15.7. The molecule has 0 heterocycles. The van der Waals surface area contributed by atoms with Crippen molar-refractivity contribution in [2.45, 2.75) is 387 Å². The second-order valence-electron chi connectivity index (χ2n) is 22.3. The summed E-state index contributed by atoms with van der Waals surface area (Å²) in [6, 6.07) is 7.35. The first-order chi connectivity index (χ1) is 32.8. The third-order valence-corrected chi connectivity index (χ3v) is 15.7. The largest absolute Gasteiger partial charge is 0.0654 e. The van der Waals surface area contributed by atoms with E-state index in [1.165, 1.54) is 366 Å². The summed E-state index contributed by atoms with van der Waals surface area (Å²) < 4.78 is 0. The molecule has 0 bridgehead atoms. The topological polar surface area (TPSA) is 0 Å². The van der Waals surface area contributed by atoms with Crippen LogP contribution in [0.3, 0.4) is 0 Å². The molecule has 0 saturated carbocycles. The number of aryl methyl sites for hydroxylation is 2. The first-order valence-corrected chi connectivity index (χ1v) is 31.9. The van der Waals surface area contributed by atoms with Gasteiger partial charge in [-0.05, 0) is 55.2 Å². The van der Waals surface area contributed by atoms with E-state index in [1.807, 2.05) is 0 Å². The Balaban J connectivity index is 1.91. The van der Waals surface area contributed by atoms with Crippen molar-refractivity contribution in [3.63, 3.8) is 0 Å². The molecule has 66 heavy (non-hydrogen) atoms. The summed E-state index contributed by atoms with van der Waals surface area (Å²) in [6.07, 6.45) is 83.0. The average Bonchev–Trinajstić information content (AvgIpc) is 3.33. The van der Waals surface area contributed by atoms with Gasteiger partial charge in [0.25, 0.3) is 0 Å². The van der Waals surface area contributed by atoms with Gasteiger partial charge in [-0.15, -0.1) is 0 Å². The van der Waals surface area contributed by atoms with Crippen molar-refractivity contribution in [3.05, 3.63) is 34.9 Å². The van der Waals surface area contributed by atoms with Gasteiger partial charge in [0.2, 0.25) is 0 Å². The number of hydrogen-bond acceptors (Lipinski definition) is 0. The fourth-order valence-electron chi connectivity index (χ4n) is 11.1. The second kappa shape index (κ2) is 55.2. The smallest absolute Gasteiger partial charge is 0.0274 e. The summed E-state index contributed by atoms with van der Waals surface area (Å²) in [5, 5.41) is 0. The monoisotopic (exact) mass is 919 g/mol. The molecule has 0 heteroatoms. The molecule has 0 aliphatic rings. The highest BCUT2D eigenvalue weighted by Crippen LogP contribution is 2.24. The predicted octanol–water partition coefficient (Wildman–Crippen LogP) is 24.4. The van der Waals surface area contributed by atoms with Crippen LogP contribution < -0.4 is 0 Å². The quantitative estimate of drug-likeness (QED) is 0.0571. The minimum Gasteiger partial charge on any atom is -0.0654 e. The molecule has 0 unspecified atom stereocenters. The summed E-state index contributed by atoms with van der Waals surface area (Å²) in [5.41, 5.74) is 5.14. The van der Waals surface area contributed by atoms with E-state index in [0.29, 0.717) is 0 Å². The van der Waals surface area contributed by atoms with E-state index in [0.717, 1.165) is 0 Å². The second-order valence-corrected chi connectivity index (χ2v) is 22.3. The Morgan fingerprint density at radius 3 is 0.530 bits per heavy atom. The van der Waals surface area contributed by atoms with Gasteiger partial charge in [0.1, 0.15) is 0 Å². The van der Waals surface area contributed by atoms with Crippen molar-refractivity contribution in [1.29, 1.82) is 0 Å². The maximum Gasteiger partial charge on any atom is -0.0274 e. The Hall–Kier alpha value is -0.780. The summed E-state index contributed by atoms with van der Waals surface area (Å²) in [7, 11) is 0. The lowest BCUT2D eigenvalue weighted by molar-refractivity contribution is 0.515. The van der Waals surface area contributed by atoms with Crippen molar-refractivity contribution in [1.82, 2.24) is 0 Å². The highest BCUT2D eigenvalue weighted by atomic mass is 14.1. The lowest BCUT2D eigenvalue weighted by Crippen LogP contribution is -2.02. The SMILES string of the molecule is CCCCCCCCCCCCCCCCCCCCCCCCCCCCc1cccc(CCCCCCCCCCCCCCCCCCCCCCCCCCCC)c1CCCC. The molecule has 390 valence electrons. The number of hydrogen-bond donors (Lipinski definition) is 0. The van der Waals surface area contributed by atoms with Gasteiger partial charge in [-0.25, -0.2) is 0 Å². The third kappa shape index (κ3) is 45.7. The Morgan fingerprint density at radius 2 is 0.348 bits per heavy atom. The summed E-state index contributed by atoms with van der Waals surface area (Å²) >= 11 is 0. The molecule has 1 aromatic carbocycles. The van der Waals surface area contributed by atoms with Crippen LogP contribution in [0.4, 0.5) is 0 Å². The van der Waals surface area contributed by atoms with Gasteiger partial charge in [-0.2, -0.15) is 0 Å². The molecule has 0 aliphatic carbocycles. The average molecular weight is 920 g/mol. The molecule has 1 rings (SSSR count). The van der Waals surface area contributed by atoms with Crippen LogP contribution in [-0.4, -0.2) is 0 Å². The zero-order valence-electron chi connectivity index (χ0n) is 46.5. The Kier molecular flexibility index (Phi) is 52.8. The number of rotatable bonds is 57. The van der Waals surface area contributed by atoms with Crippen molar-refractivity contribution in [3.8, 4) is 0 Å². The Morgan fingerprint density at radius 1 is 0.182 bits per heavy atom. The van der Waals surface area contributed by atoms with Crippen LogP contribution in [0.2, 0.25) is 0 Å². The van der Waals surface area contributed by atoms with Crippen LogP contribution in [0.25, 0.3) is 0 Å². The van der Waals surface area contributed by atoms with E-state index in [-0.39, 0.29) is 0 Å². The van der Waals surface area contributed by atoms with Crippen LogP contribution in [0.5, 0.6) is 0 Å². The molecule has 0 spiro atoms. The zero-order chi connectivity index (χ0) is 47.2. The van der Waals surface area contributed by atoms with Gasteiger partial charge < -0.3 is 0 Å². The van der Waals surface area contributed by atoms with Crippen molar-refractivity contribution < 1.29 is 0 Å². The molecule has 0 amide bonds. The predicted molar refractivity (Wildman–Crippen MR) is 304 cm³/mol. The lowest BCUT2D eigenvalue weighted by atomic mass is 9.90. The Bertz CT molecular complexity index is 947. The highest BCUT2D eigenvalue weighted by Gasteiger charge is 2.09. The van der Waals surface area contributed by atoms with E-state index in [2.05, 4.69) is 39.0 Å². The van der Waals surface area contributed by atoms with Crippen molar-refractivity contribution >= 4 is 0 Å². The van der Waals surface area contributed by atoms with Crippen LogP contribution in [0, 0.1) is 0 Å². The maximum absolute atomic E-state index is 2.48. The summed E-state index contributed by atoms with van der Waals surface area (Å²) in [5.74, 6) is 0. The fourth-order valence-corrected chi connectivity index (χ4v) is 11.1. The normalized spacial score (nSPS) is 11.7. The van der Waals surface area contributed by atoms with Crippen LogP contribution in [-0.2, 0) is 19.3 Å². The van der Waals surface area contributed by atoms with Crippen LogP contribution in [0.1, 0.15) is 384 Å². The molecule has 1 aromatic rings. The summed E-state index contributed by atoms with van der Waals surface area (Å²) in [6.45, 7) is 7.00. The zero-order valence-corrected chi connectivity index (χ0v) is 46.5. The fraction of sp³-hybridized carbons (Fsp3) is 0.909. The number of benzene rings is 1. The van der Waals surface area contributed by atoms with Gasteiger partial charge in [0, 0.05) is 0 Å².